The summed E-state index contributed by atoms with van der Waals surface area (Å²) in [7, 11) is 0. The summed E-state index contributed by atoms with van der Waals surface area (Å²) < 4.78 is 11.2. The number of carbonyl (C=O) groups is 1. The molecular formula is C19H23NO3. The van der Waals surface area contributed by atoms with Crippen molar-refractivity contribution < 1.29 is 14.3 Å². The van der Waals surface area contributed by atoms with E-state index in [0.717, 1.165) is 11.3 Å². The Hall–Kier alpha value is -2.49. The van der Waals surface area contributed by atoms with E-state index in [9.17, 15) is 4.79 Å². The lowest BCUT2D eigenvalue weighted by Crippen LogP contribution is -2.38. The maximum Gasteiger partial charge on any atom is 0.260 e. The highest BCUT2D eigenvalue weighted by atomic mass is 16.5. The number of aryl methyl sites for hydroxylation is 2. The third-order valence-corrected chi connectivity index (χ3v) is 3.39. The normalized spacial score (nSPS) is 11.6. The Balaban J connectivity index is 1.69. The standard InChI is InChI=1S/C19H23NO3/c1-14-4-8-17(9-5-14)22-13-12-20-19(21)16(3)23-18-10-6-15(2)7-11-18/h4-11,16H,12-13H2,1-3H3,(H,20,21)/t16-/m0/s1. The van der Waals surface area contributed by atoms with E-state index in [1.807, 2.05) is 62.4 Å². The van der Waals surface area contributed by atoms with Crippen LogP contribution in [0.2, 0.25) is 0 Å². The van der Waals surface area contributed by atoms with E-state index in [2.05, 4.69) is 5.32 Å². The highest BCUT2D eigenvalue weighted by molar-refractivity contribution is 5.80. The van der Waals surface area contributed by atoms with Gasteiger partial charge >= 0.3 is 0 Å². The lowest BCUT2D eigenvalue weighted by molar-refractivity contribution is -0.127. The van der Waals surface area contributed by atoms with Crippen LogP contribution in [0, 0.1) is 13.8 Å². The maximum absolute atomic E-state index is 12.0. The molecule has 1 amide bonds. The first kappa shape index (κ1) is 16.9. The van der Waals surface area contributed by atoms with Gasteiger partial charge in [0.25, 0.3) is 5.91 Å². The molecule has 0 bridgehead atoms. The second kappa shape index (κ2) is 8.22. The van der Waals surface area contributed by atoms with Gasteiger partial charge in [-0.05, 0) is 45.0 Å². The summed E-state index contributed by atoms with van der Waals surface area (Å²) in [5, 5.41) is 2.81. The van der Waals surface area contributed by atoms with E-state index in [4.69, 9.17) is 9.47 Å². The van der Waals surface area contributed by atoms with Gasteiger partial charge in [-0.1, -0.05) is 35.4 Å². The lowest BCUT2D eigenvalue weighted by Gasteiger charge is -2.15. The molecule has 0 fully saturated rings. The van der Waals surface area contributed by atoms with Crippen molar-refractivity contribution in [1.29, 1.82) is 0 Å². The zero-order valence-electron chi connectivity index (χ0n) is 13.8. The van der Waals surface area contributed by atoms with Crippen molar-refractivity contribution in [3.63, 3.8) is 0 Å². The Kier molecular flexibility index (Phi) is 6.03. The molecule has 122 valence electrons. The summed E-state index contributed by atoms with van der Waals surface area (Å²) in [6.07, 6.45) is -0.544. The monoisotopic (exact) mass is 313 g/mol. The largest absolute Gasteiger partial charge is 0.492 e. The predicted octanol–water partition coefficient (Wildman–Crippen LogP) is 3.27. The number of benzene rings is 2. The van der Waals surface area contributed by atoms with Gasteiger partial charge in [-0.3, -0.25) is 4.79 Å². The minimum absolute atomic E-state index is 0.155. The zero-order chi connectivity index (χ0) is 16.7. The Bertz CT molecular complexity index is 620. The minimum Gasteiger partial charge on any atom is -0.492 e. The topological polar surface area (TPSA) is 47.6 Å². The van der Waals surface area contributed by atoms with E-state index < -0.39 is 6.10 Å². The molecule has 2 aromatic rings. The summed E-state index contributed by atoms with van der Waals surface area (Å²) in [4.78, 5) is 12.0. The molecule has 0 saturated heterocycles. The van der Waals surface area contributed by atoms with E-state index in [-0.39, 0.29) is 5.91 Å². The highest BCUT2D eigenvalue weighted by Gasteiger charge is 2.13. The molecular weight excluding hydrogens is 290 g/mol. The van der Waals surface area contributed by atoms with Gasteiger partial charge < -0.3 is 14.8 Å². The van der Waals surface area contributed by atoms with Crippen LogP contribution in [-0.4, -0.2) is 25.2 Å². The molecule has 2 rings (SSSR count). The Labute approximate surface area is 137 Å². The minimum atomic E-state index is -0.544. The lowest BCUT2D eigenvalue weighted by atomic mass is 10.2. The molecule has 2 aromatic carbocycles. The molecule has 0 aliphatic carbocycles. The van der Waals surface area contributed by atoms with Crippen molar-refractivity contribution >= 4 is 5.91 Å². The van der Waals surface area contributed by atoms with Gasteiger partial charge in [-0.15, -0.1) is 0 Å². The number of rotatable bonds is 7. The number of hydrogen-bond donors (Lipinski definition) is 1. The molecule has 1 atom stereocenters. The quantitative estimate of drug-likeness (QED) is 0.798. The third kappa shape index (κ3) is 5.66. The zero-order valence-corrected chi connectivity index (χ0v) is 13.8. The third-order valence-electron chi connectivity index (χ3n) is 3.39. The number of hydrogen-bond acceptors (Lipinski definition) is 3. The fourth-order valence-electron chi connectivity index (χ4n) is 2.00. The van der Waals surface area contributed by atoms with Gasteiger partial charge in [0, 0.05) is 0 Å². The molecule has 1 N–H and O–H groups in total. The average Bonchev–Trinajstić information content (AvgIpc) is 2.55. The number of nitrogens with one attached hydrogen (secondary N) is 1. The molecule has 0 unspecified atom stereocenters. The van der Waals surface area contributed by atoms with E-state index >= 15 is 0 Å². The second-order valence-corrected chi connectivity index (χ2v) is 5.53. The molecule has 0 aliphatic heterocycles. The van der Waals surface area contributed by atoms with E-state index in [1.165, 1.54) is 5.56 Å². The van der Waals surface area contributed by atoms with Crippen molar-refractivity contribution in [1.82, 2.24) is 5.32 Å². The molecule has 0 saturated carbocycles. The van der Waals surface area contributed by atoms with Crippen LogP contribution in [0.1, 0.15) is 18.1 Å². The fourth-order valence-corrected chi connectivity index (χ4v) is 2.00. The van der Waals surface area contributed by atoms with Gasteiger partial charge in [-0.25, -0.2) is 0 Å². The van der Waals surface area contributed by atoms with Gasteiger partial charge in [-0.2, -0.15) is 0 Å². The van der Waals surface area contributed by atoms with Crippen LogP contribution < -0.4 is 14.8 Å². The van der Waals surface area contributed by atoms with Crippen LogP contribution in [0.4, 0.5) is 0 Å². The predicted molar refractivity (Wildman–Crippen MR) is 91.0 cm³/mol. The Morgan fingerprint density at radius 2 is 1.48 bits per heavy atom. The summed E-state index contributed by atoms with van der Waals surface area (Å²) in [5.74, 6) is 1.33. The molecule has 4 nitrogen and oxygen atoms in total. The number of ether oxygens (including phenoxy) is 2. The average molecular weight is 313 g/mol. The van der Waals surface area contributed by atoms with Crippen LogP contribution >= 0.6 is 0 Å². The molecule has 4 heteroatoms. The van der Waals surface area contributed by atoms with Crippen LogP contribution in [0.5, 0.6) is 11.5 Å². The molecule has 0 spiro atoms. The maximum atomic E-state index is 12.0. The van der Waals surface area contributed by atoms with Crippen molar-refractivity contribution in [2.75, 3.05) is 13.2 Å². The van der Waals surface area contributed by atoms with Crippen molar-refractivity contribution in [2.24, 2.45) is 0 Å². The SMILES string of the molecule is Cc1ccc(OCCNC(=O)[C@H](C)Oc2ccc(C)cc2)cc1. The number of amides is 1. The molecule has 0 aliphatic rings. The first-order valence-corrected chi connectivity index (χ1v) is 7.75. The Morgan fingerprint density at radius 3 is 2.04 bits per heavy atom. The van der Waals surface area contributed by atoms with Crippen molar-refractivity contribution in [2.45, 2.75) is 26.9 Å². The van der Waals surface area contributed by atoms with Gasteiger partial charge in [0.05, 0.1) is 6.54 Å². The Morgan fingerprint density at radius 1 is 0.957 bits per heavy atom. The molecule has 0 heterocycles. The van der Waals surface area contributed by atoms with Crippen molar-refractivity contribution in [3.05, 3.63) is 59.7 Å². The molecule has 0 radical (unpaired) electrons. The van der Waals surface area contributed by atoms with Crippen LogP contribution in [0.3, 0.4) is 0 Å². The van der Waals surface area contributed by atoms with Crippen molar-refractivity contribution in [3.8, 4) is 11.5 Å². The van der Waals surface area contributed by atoms with Gasteiger partial charge in [0.1, 0.15) is 18.1 Å². The van der Waals surface area contributed by atoms with Crippen LogP contribution in [0.25, 0.3) is 0 Å². The van der Waals surface area contributed by atoms with E-state index in [0.29, 0.717) is 18.9 Å². The first-order chi connectivity index (χ1) is 11.0. The summed E-state index contributed by atoms with van der Waals surface area (Å²) >= 11 is 0. The summed E-state index contributed by atoms with van der Waals surface area (Å²) in [6, 6.07) is 15.4. The number of carbonyl (C=O) groups excluding carboxylic acids is 1. The first-order valence-electron chi connectivity index (χ1n) is 7.75. The summed E-state index contributed by atoms with van der Waals surface area (Å²) in [5.41, 5.74) is 2.34. The van der Waals surface area contributed by atoms with E-state index in [1.54, 1.807) is 6.92 Å². The highest BCUT2D eigenvalue weighted by Crippen LogP contribution is 2.13. The summed E-state index contributed by atoms with van der Waals surface area (Å²) in [6.45, 7) is 6.63. The van der Waals surface area contributed by atoms with Crippen LogP contribution in [0.15, 0.2) is 48.5 Å². The van der Waals surface area contributed by atoms with Gasteiger partial charge in [0.15, 0.2) is 6.10 Å². The molecule has 0 aromatic heterocycles. The smallest absolute Gasteiger partial charge is 0.260 e. The molecule has 23 heavy (non-hydrogen) atoms. The second-order valence-electron chi connectivity index (χ2n) is 5.53. The van der Waals surface area contributed by atoms with Crippen LogP contribution in [-0.2, 0) is 4.79 Å². The fraction of sp³-hybridized carbons (Fsp3) is 0.316. The van der Waals surface area contributed by atoms with Gasteiger partial charge in [0.2, 0.25) is 0 Å².